The average Bonchev–Trinajstić information content (AvgIpc) is 2.70. The molecule has 0 bridgehead atoms. The fraction of sp³-hybridized carbons (Fsp3) is 0.333. The molecule has 2 aromatic rings. The molecule has 0 unspecified atom stereocenters. The van der Waals surface area contributed by atoms with Crippen LogP contribution in [0.3, 0.4) is 0 Å². The Morgan fingerprint density at radius 2 is 1.88 bits per heavy atom. The predicted molar refractivity (Wildman–Crippen MR) is 110 cm³/mol. The number of hydrogen-bond acceptors (Lipinski definition) is 4. The van der Waals surface area contributed by atoms with Crippen molar-refractivity contribution in [3.8, 4) is 0 Å². The molecule has 168 valence electrons. The number of hydrogen-bond donors (Lipinski definition) is 0. The van der Waals surface area contributed by atoms with Gasteiger partial charge in [0.2, 0.25) is 11.1 Å². The highest BCUT2D eigenvalue weighted by Crippen LogP contribution is 2.48. The molecule has 11 heteroatoms. The van der Waals surface area contributed by atoms with Gasteiger partial charge in [-0.15, -0.1) is 0 Å². The molecule has 6 nitrogen and oxygen atoms in total. The highest BCUT2D eigenvalue weighted by atomic mass is 35.5. The van der Waals surface area contributed by atoms with Crippen LogP contribution in [0.1, 0.15) is 30.4 Å². The molecule has 0 N–H and O–H groups in total. The Kier molecular flexibility index (Phi) is 5.89. The highest BCUT2D eigenvalue weighted by Gasteiger charge is 2.61. The maximum absolute atomic E-state index is 14.5. The first-order valence-electron chi connectivity index (χ1n) is 9.62. The molecule has 32 heavy (non-hydrogen) atoms. The van der Waals surface area contributed by atoms with E-state index in [1.165, 1.54) is 29.2 Å². The van der Waals surface area contributed by atoms with Crippen molar-refractivity contribution >= 4 is 46.1 Å². The van der Waals surface area contributed by atoms with Crippen molar-refractivity contribution in [3.05, 3.63) is 58.5 Å². The quantitative estimate of drug-likeness (QED) is 0.597. The van der Waals surface area contributed by atoms with Gasteiger partial charge in [-0.1, -0.05) is 35.9 Å². The Balaban J connectivity index is 1.67. The number of amides is 2. The molecule has 1 saturated carbocycles. The standard InChI is InChI=1S/C21H16Cl2F3N3O3/c22-14-5-15(24)19(27-8-14)28-10-16(30)29(9-11-1-3-12(4-2-11)18(25)26)21(20(28)32)6-13(7-21)17(23)31/h1-5,8,13,18H,6-7,9-10H2. The molecule has 1 aromatic heterocycles. The summed E-state index contributed by atoms with van der Waals surface area (Å²) in [5, 5.41) is -0.605. The number of carbonyl (C=O) groups excluding carboxylic acids is 3. The number of anilines is 1. The summed E-state index contributed by atoms with van der Waals surface area (Å²) in [5.74, 6) is -2.94. The van der Waals surface area contributed by atoms with Crippen molar-refractivity contribution in [1.82, 2.24) is 9.88 Å². The molecule has 2 amide bonds. The Morgan fingerprint density at radius 3 is 2.44 bits per heavy atom. The molecule has 1 aromatic carbocycles. The van der Waals surface area contributed by atoms with E-state index in [-0.39, 0.29) is 35.8 Å². The summed E-state index contributed by atoms with van der Waals surface area (Å²) >= 11 is 11.3. The van der Waals surface area contributed by atoms with Gasteiger partial charge in [-0.05, 0) is 36.1 Å². The van der Waals surface area contributed by atoms with E-state index in [0.29, 0.717) is 5.56 Å². The van der Waals surface area contributed by atoms with Gasteiger partial charge in [0, 0.05) is 24.2 Å². The fourth-order valence-electron chi connectivity index (χ4n) is 4.18. The first kappa shape index (κ1) is 22.5. The van der Waals surface area contributed by atoms with E-state index in [1.807, 2.05) is 0 Å². The normalized spacial score (nSPS) is 23.1. The van der Waals surface area contributed by atoms with Gasteiger partial charge in [0.05, 0.1) is 5.02 Å². The van der Waals surface area contributed by atoms with Crippen molar-refractivity contribution in [3.63, 3.8) is 0 Å². The van der Waals surface area contributed by atoms with Crippen LogP contribution in [0.5, 0.6) is 0 Å². The van der Waals surface area contributed by atoms with Gasteiger partial charge in [-0.2, -0.15) is 0 Å². The lowest BCUT2D eigenvalue weighted by Crippen LogP contribution is -2.73. The van der Waals surface area contributed by atoms with Crippen molar-refractivity contribution in [2.45, 2.75) is 31.4 Å². The third kappa shape index (κ3) is 3.84. The molecule has 1 saturated heterocycles. The zero-order valence-corrected chi connectivity index (χ0v) is 17.9. The maximum Gasteiger partial charge on any atom is 0.263 e. The summed E-state index contributed by atoms with van der Waals surface area (Å²) in [4.78, 5) is 44.3. The van der Waals surface area contributed by atoms with Crippen molar-refractivity contribution in [2.24, 2.45) is 5.92 Å². The van der Waals surface area contributed by atoms with Crippen LogP contribution in [-0.4, -0.2) is 39.0 Å². The van der Waals surface area contributed by atoms with Crippen LogP contribution in [0.4, 0.5) is 19.0 Å². The van der Waals surface area contributed by atoms with E-state index < -0.39 is 47.3 Å². The molecule has 2 heterocycles. The monoisotopic (exact) mass is 485 g/mol. The Morgan fingerprint density at radius 1 is 1.22 bits per heavy atom. The summed E-state index contributed by atoms with van der Waals surface area (Å²) < 4.78 is 40.1. The van der Waals surface area contributed by atoms with Crippen LogP contribution in [0, 0.1) is 11.7 Å². The molecule has 1 aliphatic carbocycles. The van der Waals surface area contributed by atoms with Gasteiger partial charge in [-0.25, -0.2) is 18.2 Å². The van der Waals surface area contributed by atoms with Gasteiger partial charge >= 0.3 is 0 Å². The first-order chi connectivity index (χ1) is 15.1. The van der Waals surface area contributed by atoms with Crippen molar-refractivity contribution < 1.29 is 27.6 Å². The molecular formula is C21H16Cl2F3N3O3. The second-order valence-corrected chi connectivity index (χ2v) is 8.62. The molecule has 1 aliphatic heterocycles. The third-order valence-corrected chi connectivity index (χ3v) is 6.38. The zero-order valence-electron chi connectivity index (χ0n) is 16.4. The van der Waals surface area contributed by atoms with E-state index in [2.05, 4.69) is 4.98 Å². The van der Waals surface area contributed by atoms with E-state index in [1.54, 1.807) is 0 Å². The van der Waals surface area contributed by atoms with Crippen molar-refractivity contribution in [1.29, 1.82) is 0 Å². The van der Waals surface area contributed by atoms with Crippen LogP contribution >= 0.6 is 23.2 Å². The van der Waals surface area contributed by atoms with Crippen molar-refractivity contribution in [2.75, 3.05) is 11.4 Å². The van der Waals surface area contributed by atoms with Crippen LogP contribution < -0.4 is 4.90 Å². The van der Waals surface area contributed by atoms with E-state index in [9.17, 15) is 27.6 Å². The van der Waals surface area contributed by atoms with Crippen LogP contribution in [0.25, 0.3) is 0 Å². The number of nitrogens with zero attached hydrogens (tertiary/aromatic N) is 3. The lowest BCUT2D eigenvalue weighted by Gasteiger charge is -2.56. The summed E-state index contributed by atoms with van der Waals surface area (Å²) in [6.45, 7) is -0.512. The van der Waals surface area contributed by atoms with Gasteiger partial charge in [0.15, 0.2) is 11.6 Å². The molecule has 2 fully saturated rings. The maximum atomic E-state index is 14.5. The SMILES string of the molecule is O=C(Cl)C1CC2(C1)C(=O)N(c1ncc(Cl)cc1F)CC(=O)N2Cc1ccc(C(F)F)cc1. The minimum absolute atomic E-state index is 0.0271. The molecule has 0 radical (unpaired) electrons. The summed E-state index contributed by atoms with van der Waals surface area (Å²) in [7, 11) is 0. The van der Waals surface area contributed by atoms with Crippen LogP contribution in [0.2, 0.25) is 5.02 Å². The van der Waals surface area contributed by atoms with Gasteiger partial charge in [0.25, 0.3) is 12.3 Å². The first-order valence-corrected chi connectivity index (χ1v) is 10.4. The highest BCUT2D eigenvalue weighted by molar-refractivity contribution is 6.64. The zero-order chi connectivity index (χ0) is 23.2. The average molecular weight is 486 g/mol. The Bertz CT molecular complexity index is 1090. The van der Waals surface area contributed by atoms with Crippen LogP contribution in [0.15, 0.2) is 36.5 Å². The largest absolute Gasteiger partial charge is 0.322 e. The fourth-order valence-corrected chi connectivity index (χ4v) is 4.48. The second-order valence-electron chi connectivity index (χ2n) is 7.81. The summed E-state index contributed by atoms with van der Waals surface area (Å²) in [6.07, 6.45) is -1.53. The Hall–Kier alpha value is -2.65. The van der Waals surface area contributed by atoms with Gasteiger partial charge in [-0.3, -0.25) is 19.3 Å². The molecule has 1 spiro atoms. The van der Waals surface area contributed by atoms with Gasteiger partial charge in [0.1, 0.15) is 12.1 Å². The molecular weight excluding hydrogens is 470 g/mol. The number of rotatable bonds is 5. The predicted octanol–water partition coefficient (Wildman–Crippen LogP) is 4.10. The summed E-state index contributed by atoms with van der Waals surface area (Å²) in [5.41, 5.74) is -1.06. The number of carbonyl (C=O) groups is 3. The number of halogens is 5. The number of pyridine rings is 1. The smallest absolute Gasteiger partial charge is 0.263 e. The van der Waals surface area contributed by atoms with Gasteiger partial charge < -0.3 is 4.90 Å². The molecule has 4 rings (SSSR count). The number of piperazine rings is 1. The number of benzene rings is 1. The third-order valence-electron chi connectivity index (χ3n) is 5.86. The minimum Gasteiger partial charge on any atom is -0.322 e. The summed E-state index contributed by atoms with van der Waals surface area (Å²) in [6, 6.07) is 6.37. The molecule has 0 atom stereocenters. The minimum atomic E-state index is -2.63. The van der Waals surface area contributed by atoms with Crippen LogP contribution in [-0.2, 0) is 20.9 Å². The number of aromatic nitrogens is 1. The van der Waals surface area contributed by atoms with E-state index >= 15 is 0 Å². The lowest BCUT2D eigenvalue weighted by atomic mass is 9.65. The topological polar surface area (TPSA) is 70.6 Å². The Labute approximate surface area is 190 Å². The molecule has 2 aliphatic rings. The number of alkyl halides is 2. The van der Waals surface area contributed by atoms with E-state index in [0.717, 1.165) is 17.2 Å². The lowest BCUT2D eigenvalue weighted by molar-refractivity contribution is -0.163. The van der Waals surface area contributed by atoms with E-state index in [4.69, 9.17) is 23.2 Å². The second kappa shape index (κ2) is 8.37.